The molecule has 6 heteroatoms. The van der Waals surface area contributed by atoms with E-state index < -0.39 is 0 Å². The molecule has 1 fully saturated rings. The number of amides is 1. The van der Waals surface area contributed by atoms with E-state index in [-0.39, 0.29) is 5.91 Å². The minimum Gasteiger partial charge on any atom is -0.393 e. The van der Waals surface area contributed by atoms with Gasteiger partial charge in [0.1, 0.15) is 0 Å². The minimum absolute atomic E-state index is 0.165. The first-order valence-electron chi connectivity index (χ1n) is 5.99. The molecular weight excluding hydrogens is 238 g/mol. The molecule has 0 aromatic heterocycles. The van der Waals surface area contributed by atoms with Gasteiger partial charge in [0.25, 0.3) is 0 Å². The van der Waals surface area contributed by atoms with Gasteiger partial charge in [-0.05, 0) is 6.54 Å². The van der Waals surface area contributed by atoms with Crippen LogP contribution in [-0.2, 0) is 9.53 Å². The standard InChI is InChI=1S/C11H21N3O2S/c1-2-13(4-3-10(12)17)9-11(15)14-5-7-16-8-6-14/h2-9H2,1H3,(H2,12,17). The third-order valence-corrected chi connectivity index (χ3v) is 3.05. The van der Waals surface area contributed by atoms with Gasteiger partial charge in [-0.25, -0.2) is 0 Å². The molecule has 1 rings (SSSR count). The summed E-state index contributed by atoms with van der Waals surface area (Å²) in [5, 5.41) is 0. The van der Waals surface area contributed by atoms with E-state index in [1.165, 1.54) is 0 Å². The molecule has 0 aromatic rings. The summed E-state index contributed by atoms with van der Waals surface area (Å²) in [5.41, 5.74) is 5.46. The topological polar surface area (TPSA) is 58.8 Å². The Morgan fingerprint density at radius 2 is 2.12 bits per heavy atom. The van der Waals surface area contributed by atoms with Crippen molar-refractivity contribution in [2.24, 2.45) is 5.73 Å². The summed E-state index contributed by atoms with van der Waals surface area (Å²) in [6.07, 6.45) is 0.666. The lowest BCUT2D eigenvalue weighted by Crippen LogP contribution is -2.46. The molecule has 0 unspecified atom stereocenters. The Morgan fingerprint density at radius 1 is 1.47 bits per heavy atom. The Bertz CT molecular complexity index is 267. The predicted molar refractivity (Wildman–Crippen MR) is 70.9 cm³/mol. The molecule has 2 N–H and O–H groups in total. The lowest BCUT2D eigenvalue weighted by atomic mass is 10.3. The van der Waals surface area contributed by atoms with E-state index in [9.17, 15) is 4.79 Å². The summed E-state index contributed by atoms with van der Waals surface area (Å²) < 4.78 is 5.22. The highest BCUT2D eigenvalue weighted by Crippen LogP contribution is 2.00. The molecule has 98 valence electrons. The first kappa shape index (κ1) is 14.3. The highest BCUT2D eigenvalue weighted by atomic mass is 32.1. The van der Waals surface area contributed by atoms with Gasteiger partial charge in [0, 0.05) is 26.1 Å². The molecule has 0 saturated carbocycles. The van der Waals surface area contributed by atoms with Crippen LogP contribution in [0.5, 0.6) is 0 Å². The fourth-order valence-electron chi connectivity index (χ4n) is 1.72. The van der Waals surface area contributed by atoms with E-state index in [4.69, 9.17) is 22.7 Å². The molecule has 1 saturated heterocycles. The molecule has 17 heavy (non-hydrogen) atoms. The number of rotatable bonds is 6. The van der Waals surface area contributed by atoms with Crippen molar-refractivity contribution >= 4 is 23.1 Å². The number of nitrogens with two attached hydrogens (primary N) is 1. The number of carbonyl (C=O) groups excluding carboxylic acids is 1. The Hall–Kier alpha value is -0.720. The summed E-state index contributed by atoms with van der Waals surface area (Å²) >= 11 is 4.84. The summed E-state index contributed by atoms with van der Waals surface area (Å²) in [6.45, 7) is 6.75. The quantitative estimate of drug-likeness (QED) is 0.672. The van der Waals surface area contributed by atoms with Crippen molar-refractivity contribution in [3.8, 4) is 0 Å². The molecule has 0 spiro atoms. The molecular formula is C11H21N3O2S. The first-order chi connectivity index (χ1) is 8.13. The van der Waals surface area contributed by atoms with Crippen molar-refractivity contribution in [3.05, 3.63) is 0 Å². The Labute approximate surface area is 108 Å². The minimum atomic E-state index is 0.165. The maximum absolute atomic E-state index is 12.0. The molecule has 1 aliphatic rings. The zero-order valence-electron chi connectivity index (χ0n) is 10.4. The van der Waals surface area contributed by atoms with Gasteiger partial charge >= 0.3 is 0 Å². The smallest absolute Gasteiger partial charge is 0.236 e. The zero-order chi connectivity index (χ0) is 12.7. The van der Waals surface area contributed by atoms with Crippen LogP contribution in [0.3, 0.4) is 0 Å². The fraction of sp³-hybridized carbons (Fsp3) is 0.818. The number of morpholine rings is 1. The van der Waals surface area contributed by atoms with E-state index in [1.54, 1.807) is 0 Å². The van der Waals surface area contributed by atoms with E-state index in [0.29, 0.717) is 44.3 Å². The molecule has 0 radical (unpaired) electrons. The van der Waals surface area contributed by atoms with Crippen LogP contribution in [0.1, 0.15) is 13.3 Å². The third-order valence-electron chi connectivity index (χ3n) is 2.84. The number of hydrogen-bond donors (Lipinski definition) is 1. The van der Waals surface area contributed by atoms with Gasteiger partial charge in [0.05, 0.1) is 24.7 Å². The lowest BCUT2D eigenvalue weighted by Gasteiger charge is -2.29. The second-order valence-corrected chi connectivity index (χ2v) is 4.60. The predicted octanol–water partition coefficient (Wildman–Crippen LogP) is -0.157. The molecule has 5 nitrogen and oxygen atoms in total. The van der Waals surface area contributed by atoms with E-state index >= 15 is 0 Å². The molecule has 1 aliphatic heterocycles. The van der Waals surface area contributed by atoms with Crippen LogP contribution >= 0.6 is 12.2 Å². The Balaban J connectivity index is 2.33. The number of thiocarbonyl (C=S) groups is 1. The van der Waals surface area contributed by atoms with Crippen molar-refractivity contribution in [3.63, 3.8) is 0 Å². The Kier molecular flexibility index (Phi) is 6.39. The average molecular weight is 259 g/mol. The maximum atomic E-state index is 12.0. The molecule has 0 atom stereocenters. The van der Waals surface area contributed by atoms with Gasteiger partial charge in [-0.15, -0.1) is 0 Å². The first-order valence-corrected chi connectivity index (χ1v) is 6.40. The zero-order valence-corrected chi connectivity index (χ0v) is 11.2. The number of likely N-dealkylation sites (N-methyl/N-ethyl adjacent to an activating group) is 1. The number of ether oxygens (including phenoxy) is 1. The SMILES string of the molecule is CCN(CCC(N)=S)CC(=O)N1CCOCC1. The Morgan fingerprint density at radius 3 is 2.65 bits per heavy atom. The van der Waals surface area contributed by atoms with Crippen LogP contribution in [0, 0.1) is 0 Å². The van der Waals surface area contributed by atoms with Crippen LogP contribution in [0.2, 0.25) is 0 Å². The van der Waals surface area contributed by atoms with E-state index in [0.717, 1.165) is 13.1 Å². The van der Waals surface area contributed by atoms with E-state index in [2.05, 4.69) is 4.90 Å². The van der Waals surface area contributed by atoms with Gasteiger partial charge in [-0.2, -0.15) is 0 Å². The lowest BCUT2D eigenvalue weighted by molar-refractivity contribution is -0.136. The van der Waals surface area contributed by atoms with Crippen molar-refractivity contribution < 1.29 is 9.53 Å². The normalized spacial score (nSPS) is 16.2. The summed E-state index contributed by atoms with van der Waals surface area (Å²) in [6, 6.07) is 0. The highest BCUT2D eigenvalue weighted by Gasteiger charge is 2.18. The fourth-order valence-corrected chi connectivity index (χ4v) is 1.81. The van der Waals surface area contributed by atoms with Gasteiger partial charge in [-0.3, -0.25) is 9.69 Å². The van der Waals surface area contributed by atoms with Crippen LogP contribution in [0.15, 0.2) is 0 Å². The number of carbonyl (C=O) groups is 1. The molecule has 0 aliphatic carbocycles. The van der Waals surface area contributed by atoms with Crippen LogP contribution in [0.25, 0.3) is 0 Å². The van der Waals surface area contributed by atoms with Crippen molar-refractivity contribution in [2.75, 3.05) is 45.9 Å². The molecule has 0 bridgehead atoms. The summed E-state index contributed by atoms with van der Waals surface area (Å²) in [5.74, 6) is 0.165. The van der Waals surface area contributed by atoms with Crippen LogP contribution in [-0.4, -0.2) is 66.6 Å². The largest absolute Gasteiger partial charge is 0.393 e. The van der Waals surface area contributed by atoms with Gasteiger partial charge in [-0.1, -0.05) is 19.1 Å². The number of nitrogens with zero attached hydrogens (tertiary/aromatic N) is 2. The van der Waals surface area contributed by atoms with Crippen LogP contribution < -0.4 is 5.73 Å². The summed E-state index contributed by atoms with van der Waals surface area (Å²) in [7, 11) is 0. The van der Waals surface area contributed by atoms with Gasteiger partial charge in [0.15, 0.2) is 0 Å². The van der Waals surface area contributed by atoms with Crippen molar-refractivity contribution in [1.29, 1.82) is 0 Å². The monoisotopic (exact) mass is 259 g/mol. The second-order valence-electron chi connectivity index (χ2n) is 4.08. The van der Waals surface area contributed by atoms with Crippen LogP contribution in [0.4, 0.5) is 0 Å². The van der Waals surface area contributed by atoms with Gasteiger partial charge in [0.2, 0.25) is 5.91 Å². The molecule has 0 aromatic carbocycles. The number of hydrogen-bond acceptors (Lipinski definition) is 4. The second kappa shape index (κ2) is 7.58. The van der Waals surface area contributed by atoms with Crippen molar-refractivity contribution in [2.45, 2.75) is 13.3 Å². The summed E-state index contributed by atoms with van der Waals surface area (Å²) in [4.78, 5) is 16.4. The highest BCUT2D eigenvalue weighted by molar-refractivity contribution is 7.80. The molecule has 1 heterocycles. The van der Waals surface area contributed by atoms with Crippen molar-refractivity contribution in [1.82, 2.24) is 9.80 Å². The van der Waals surface area contributed by atoms with Gasteiger partial charge < -0.3 is 15.4 Å². The molecule has 1 amide bonds. The van der Waals surface area contributed by atoms with E-state index in [1.807, 2.05) is 11.8 Å². The average Bonchev–Trinajstić information content (AvgIpc) is 2.35. The third kappa shape index (κ3) is 5.43. The maximum Gasteiger partial charge on any atom is 0.236 e.